The number of epoxide rings is 2. The van der Waals surface area contributed by atoms with Crippen LogP contribution in [-0.4, -0.2) is 192 Å². The Morgan fingerprint density at radius 3 is 2.23 bits per heavy atom. The highest BCUT2D eigenvalue weighted by molar-refractivity contribution is 8.00. The van der Waals surface area contributed by atoms with Crippen molar-refractivity contribution in [2.75, 3.05) is 92.0 Å². The Hall–Kier alpha value is -4.10. The van der Waals surface area contributed by atoms with E-state index in [1.54, 1.807) is 7.11 Å². The number of methoxy groups -OCH3 is 1. The zero-order valence-electron chi connectivity index (χ0n) is 45.0. The van der Waals surface area contributed by atoms with E-state index < -0.39 is 41.8 Å². The Morgan fingerprint density at radius 2 is 1.55 bits per heavy atom. The van der Waals surface area contributed by atoms with Gasteiger partial charge in [0.1, 0.15) is 36.1 Å². The number of rotatable bonds is 38. The Morgan fingerprint density at radius 1 is 0.867 bits per heavy atom. The number of hydrogen-bond acceptors (Lipinski definition) is 16. The minimum atomic E-state index is -1.04. The van der Waals surface area contributed by atoms with E-state index in [0.717, 1.165) is 31.4 Å². The van der Waals surface area contributed by atoms with Gasteiger partial charge >= 0.3 is 18.1 Å². The number of carbonyl (C=O) groups excluding carboxylic acids is 6. The van der Waals surface area contributed by atoms with Crippen molar-refractivity contribution in [3.05, 3.63) is 11.6 Å². The Labute approximate surface area is 446 Å². The minimum Gasteiger partial charge on any atom is -0.481 e. The smallest absolute Gasteiger partial charge is 0.408 e. The van der Waals surface area contributed by atoms with Crippen LogP contribution in [0.3, 0.4) is 0 Å². The molecule has 4 heterocycles. The maximum atomic E-state index is 13.2. The van der Waals surface area contributed by atoms with E-state index in [1.807, 2.05) is 25.6 Å². The molecule has 75 heavy (non-hydrogen) atoms. The molecule has 7 N–H and O–H groups in total. The van der Waals surface area contributed by atoms with Crippen molar-refractivity contribution in [3.8, 4) is 0 Å². The number of ether oxygens (including phenoxy) is 8. The number of fused-ring (bicyclic) bond motifs is 1. The van der Waals surface area contributed by atoms with Gasteiger partial charge in [0, 0.05) is 57.0 Å². The van der Waals surface area contributed by atoms with Crippen LogP contribution in [0.25, 0.3) is 0 Å². The van der Waals surface area contributed by atoms with E-state index in [1.165, 1.54) is 5.57 Å². The molecule has 4 aliphatic heterocycles. The molecule has 6 amide bonds. The molecule has 4 saturated heterocycles. The summed E-state index contributed by atoms with van der Waals surface area (Å²) in [7, 11) is 1.62. The van der Waals surface area contributed by atoms with Crippen LogP contribution in [0.2, 0.25) is 0 Å². The van der Waals surface area contributed by atoms with Gasteiger partial charge in [-0.15, -0.1) is 0 Å². The number of nitrogens with one attached hydrogen (secondary N) is 6. The van der Waals surface area contributed by atoms with Gasteiger partial charge in [0.15, 0.2) is 5.78 Å². The second kappa shape index (κ2) is 31.3. The number of allylic oxidation sites excluding steroid dienone is 1. The molecule has 23 heteroatoms. The Bertz CT molecular complexity index is 1900. The number of urea groups is 1. The third-order valence-corrected chi connectivity index (χ3v) is 16.0. The summed E-state index contributed by atoms with van der Waals surface area (Å²) in [6, 6.07) is -0.586. The van der Waals surface area contributed by atoms with Crippen molar-refractivity contribution in [1.82, 2.24) is 31.9 Å². The van der Waals surface area contributed by atoms with Crippen LogP contribution in [0.5, 0.6) is 0 Å². The molecule has 1 spiro atoms. The number of thioether (sulfide) groups is 1. The fourth-order valence-electron chi connectivity index (χ4n) is 10.3. The van der Waals surface area contributed by atoms with E-state index in [2.05, 4.69) is 58.7 Å². The lowest BCUT2D eigenvalue weighted by atomic mass is 9.68. The van der Waals surface area contributed by atoms with Gasteiger partial charge in [0.2, 0.25) is 17.7 Å². The molecule has 0 radical (unpaired) electrons. The second-order valence-electron chi connectivity index (χ2n) is 21.0. The molecule has 1 saturated carbocycles. The van der Waals surface area contributed by atoms with Crippen molar-refractivity contribution in [1.29, 1.82) is 0 Å². The minimum absolute atomic E-state index is 0.0247. The zero-order valence-corrected chi connectivity index (χ0v) is 45.8. The number of carbonyl (C=O) groups is 7. The van der Waals surface area contributed by atoms with Gasteiger partial charge in [0.05, 0.1) is 82.9 Å². The number of hydrogen-bond donors (Lipinski definition) is 7. The van der Waals surface area contributed by atoms with Gasteiger partial charge in [-0.1, -0.05) is 38.3 Å². The van der Waals surface area contributed by atoms with Gasteiger partial charge in [0.25, 0.3) is 0 Å². The predicted octanol–water partition coefficient (Wildman–Crippen LogP) is 3.17. The first-order valence-electron chi connectivity index (χ1n) is 27.0. The molecule has 11 atom stereocenters. The maximum Gasteiger partial charge on any atom is 0.408 e. The van der Waals surface area contributed by atoms with Crippen LogP contribution < -0.4 is 31.9 Å². The molecule has 0 aromatic heterocycles. The zero-order chi connectivity index (χ0) is 54.4. The molecule has 426 valence electrons. The average Bonchev–Trinajstić information content (AvgIpc) is 4.20. The quantitative estimate of drug-likeness (QED) is 0.0202. The van der Waals surface area contributed by atoms with E-state index in [0.29, 0.717) is 56.9 Å². The van der Waals surface area contributed by atoms with E-state index in [4.69, 9.17) is 37.9 Å². The van der Waals surface area contributed by atoms with Crippen LogP contribution in [0.4, 0.5) is 9.59 Å². The third-order valence-electron chi connectivity index (χ3n) is 14.5. The molecule has 5 aliphatic rings. The molecular weight excluding hydrogens is 997 g/mol. The summed E-state index contributed by atoms with van der Waals surface area (Å²) in [4.78, 5) is 86.5. The monoisotopic (exact) mass is 1080 g/mol. The van der Waals surface area contributed by atoms with Crippen LogP contribution in [-0.2, 0) is 61.9 Å². The first-order chi connectivity index (χ1) is 36.0. The van der Waals surface area contributed by atoms with Crippen LogP contribution in [0.1, 0.15) is 112 Å². The highest BCUT2D eigenvalue weighted by Gasteiger charge is 2.72. The lowest BCUT2D eigenvalue weighted by Crippen LogP contribution is -2.57. The van der Waals surface area contributed by atoms with E-state index >= 15 is 0 Å². The summed E-state index contributed by atoms with van der Waals surface area (Å²) in [6.45, 7) is 12.6. The van der Waals surface area contributed by atoms with Crippen molar-refractivity contribution < 1.29 is 76.6 Å². The molecule has 0 bridgehead atoms. The largest absolute Gasteiger partial charge is 0.481 e. The van der Waals surface area contributed by atoms with Gasteiger partial charge < -0.3 is 74.9 Å². The normalized spacial score (nSPS) is 27.1. The van der Waals surface area contributed by atoms with Gasteiger partial charge in [-0.2, -0.15) is 11.8 Å². The topological polar surface area (TPSA) is 292 Å². The molecule has 8 unspecified atom stereocenters. The van der Waals surface area contributed by atoms with Gasteiger partial charge in [-0.05, 0) is 71.6 Å². The van der Waals surface area contributed by atoms with Crippen molar-refractivity contribution in [2.24, 2.45) is 17.8 Å². The first-order valence-corrected chi connectivity index (χ1v) is 28.0. The lowest BCUT2D eigenvalue weighted by Gasteiger charge is -2.42. The van der Waals surface area contributed by atoms with E-state index in [9.17, 15) is 38.7 Å². The highest BCUT2D eigenvalue weighted by Crippen LogP contribution is 2.59. The van der Waals surface area contributed by atoms with Gasteiger partial charge in [-0.3, -0.25) is 24.0 Å². The number of aliphatic carboxylic acids is 1. The van der Waals surface area contributed by atoms with Crippen molar-refractivity contribution in [2.45, 2.75) is 165 Å². The molecule has 1 aliphatic carbocycles. The number of carboxylic acids is 1. The number of amides is 6. The fraction of sp³-hybridized carbons (Fsp3) is 0.827. The first kappa shape index (κ1) is 61.7. The summed E-state index contributed by atoms with van der Waals surface area (Å²) in [5.41, 5.74) is 0.402. The summed E-state index contributed by atoms with van der Waals surface area (Å²) >= 11 is 1.86. The number of alkyl carbamates (subject to hydrolysis) is 1. The number of Topliss-reactive ketones (excluding diaryl/α,β-unsaturated/α-hetero) is 1. The Balaban J connectivity index is 0.797. The second-order valence-corrected chi connectivity index (χ2v) is 22.2. The average molecular weight is 1080 g/mol. The highest BCUT2D eigenvalue weighted by atomic mass is 32.2. The molecule has 22 nitrogen and oxygen atoms in total. The molecule has 5 rings (SSSR count). The van der Waals surface area contributed by atoms with Crippen LogP contribution >= 0.6 is 11.8 Å². The van der Waals surface area contributed by atoms with E-state index in [-0.39, 0.29) is 144 Å². The lowest BCUT2D eigenvalue weighted by molar-refractivity contribution is -0.144. The van der Waals surface area contributed by atoms with Crippen molar-refractivity contribution in [3.63, 3.8) is 0 Å². The number of ketones is 1. The predicted molar refractivity (Wildman–Crippen MR) is 277 cm³/mol. The molecular formula is C52H86N6O16S. The van der Waals surface area contributed by atoms with Crippen LogP contribution in [0, 0.1) is 17.8 Å². The summed E-state index contributed by atoms with van der Waals surface area (Å²) in [5.74, 6) is -2.24. The van der Waals surface area contributed by atoms with Gasteiger partial charge in [-0.25, -0.2) is 9.59 Å². The number of carboxylic acid groups (broad SMARTS) is 1. The standard InChI is InChI=1S/C52H86N6O16S/c1-33(2)14-15-40-51(5,74-40)46-45(67-6)38(16-18-52(46)32-72-52)73-50(66)58-43(34(3)4)47(62)55-21-24-70-26-25-68-22-17-42(61)54-20-23-69-27-28-71-30-36(59)29-35(48(63)64)11-9-10-19-53-41(60)13-8-7-12-39-44-37(31-75-39)56-49(65)57-44/h14,34-35,37-40,43-46H,7-13,15-32H2,1-6H3,(H,53,60)(H,54,61)(H,55,62)(H,58,66)(H,63,64)(H2,56,57,65)/t35?,37?,38?,39?,40?,43-,44?,45?,46-,51-,52?/m1/s1. The molecule has 0 aromatic carbocycles. The summed E-state index contributed by atoms with van der Waals surface area (Å²) < 4.78 is 46.1. The SMILES string of the molecule is COC1C(OC(=O)N[C@@H](C(=O)NCCOCCOCCC(=O)NCCOCCOCC(=O)CC(CCCCNC(=O)CCCCC2SCC3NC(=O)NC32)C(=O)O)C(C)C)CCC2(CO2)[C@H]1[C@]1(C)OC1CC=C(C)C. The van der Waals surface area contributed by atoms with Crippen LogP contribution in [0.15, 0.2) is 11.6 Å². The fourth-order valence-corrected chi connectivity index (χ4v) is 11.8. The van der Waals surface area contributed by atoms with Crippen molar-refractivity contribution >= 4 is 53.4 Å². The molecule has 0 aromatic rings. The maximum absolute atomic E-state index is 13.2. The number of unbranched alkanes of at least 4 members (excludes halogenated alkanes) is 2. The summed E-state index contributed by atoms with van der Waals surface area (Å²) in [5, 5.41) is 27.1. The summed E-state index contributed by atoms with van der Waals surface area (Å²) in [6.07, 6.45) is 7.08. The Kier molecular flexibility index (Phi) is 25.8. The molecule has 5 fully saturated rings. The third kappa shape index (κ3) is 20.3.